The van der Waals surface area contributed by atoms with Crippen LogP contribution in [-0.2, 0) is 4.79 Å². The van der Waals surface area contributed by atoms with Gasteiger partial charge in [0, 0.05) is 15.0 Å². The number of nitrogens with one attached hydrogen (secondary N) is 1. The Morgan fingerprint density at radius 1 is 1.21 bits per heavy atom. The molecule has 1 aromatic carbocycles. The van der Waals surface area contributed by atoms with Crippen molar-refractivity contribution >= 4 is 43.5 Å². The van der Waals surface area contributed by atoms with Crippen molar-refractivity contribution in [2.75, 3.05) is 5.32 Å². The number of halogens is 2. The smallest absolute Gasteiger partial charge is 0.229 e. The van der Waals surface area contributed by atoms with Crippen LogP contribution in [0.2, 0.25) is 0 Å². The molecule has 104 valence electrons. The highest BCUT2D eigenvalue weighted by Crippen LogP contribution is 2.28. The van der Waals surface area contributed by atoms with Gasteiger partial charge in [0.1, 0.15) is 0 Å². The first kappa shape index (κ1) is 15.0. The zero-order valence-corrected chi connectivity index (χ0v) is 13.8. The molecule has 5 heteroatoms. The molecule has 3 N–H and O–H groups in total. The lowest BCUT2D eigenvalue weighted by Crippen LogP contribution is -2.37. The average Bonchev–Trinajstić information content (AvgIpc) is 2.58. The Labute approximate surface area is 130 Å². The Hall–Kier alpha value is -0.390. The molecule has 19 heavy (non-hydrogen) atoms. The summed E-state index contributed by atoms with van der Waals surface area (Å²) >= 11 is 6.86. The number of hydrogen-bond donors (Lipinski definition) is 2. The van der Waals surface area contributed by atoms with Gasteiger partial charge in [-0.2, -0.15) is 0 Å². The maximum absolute atomic E-state index is 12.4. The molecule has 1 amide bonds. The maximum atomic E-state index is 12.4. The van der Waals surface area contributed by atoms with Gasteiger partial charge in [-0.1, -0.05) is 35.2 Å². The molecule has 1 saturated carbocycles. The SMILES string of the molecule is NC1CCCCCC1C(=O)Nc1cc(Br)ccc1Br. The molecular weight excluding hydrogens is 372 g/mol. The van der Waals surface area contributed by atoms with Crippen molar-refractivity contribution in [1.82, 2.24) is 0 Å². The summed E-state index contributed by atoms with van der Waals surface area (Å²) in [5, 5.41) is 2.98. The van der Waals surface area contributed by atoms with Gasteiger partial charge in [0.2, 0.25) is 5.91 Å². The van der Waals surface area contributed by atoms with E-state index in [1.165, 1.54) is 6.42 Å². The molecule has 3 nitrogen and oxygen atoms in total. The third kappa shape index (κ3) is 4.04. The molecule has 1 aliphatic rings. The summed E-state index contributed by atoms with van der Waals surface area (Å²) in [6.07, 6.45) is 5.23. The number of rotatable bonds is 2. The maximum Gasteiger partial charge on any atom is 0.229 e. The highest BCUT2D eigenvalue weighted by Gasteiger charge is 2.27. The fourth-order valence-electron chi connectivity index (χ4n) is 2.48. The number of nitrogens with two attached hydrogens (primary N) is 1. The topological polar surface area (TPSA) is 55.1 Å². The molecular formula is C14H18Br2N2O. The zero-order valence-electron chi connectivity index (χ0n) is 10.7. The van der Waals surface area contributed by atoms with Crippen molar-refractivity contribution in [3.05, 3.63) is 27.1 Å². The van der Waals surface area contributed by atoms with Gasteiger partial charge < -0.3 is 11.1 Å². The van der Waals surface area contributed by atoms with E-state index in [0.29, 0.717) is 0 Å². The third-order valence-corrected chi connectivity index (χ3v) is 4.78. The van der Waals surface area contributed by atoms with Gasteiger partial charge in [0.15, 0.2) is 0 Å². The largest absolute Gasteiger partial charge is 0.327 e. The number of hydrogen-bond acceptors (Lipinski definition) is 2. The molecule has 0 bridgehead atoms. The van der Waals surface area contributed by atoms with Crippen LogP contribution >= 0.6 is 31.9 Å². The van der Waals surface area contributed by atoms with Crippen LogP contribution in [0.5, 0.6) is 0 Å². The molecule has 0 aliphatic heterocycles. The summed E-state index contributed by atoms with van der Waals surface area (Å²) in [6.45, 7) is 0. The van der Waals surface area contributed by atoms with Crippen LogP contribution in [0.4, 0.5) is 5.69 Å². The molecule has 0 heterocycles. The van der Waals surface area contributed by atoms with Crippen molar-refractivity contribution in [3.8, 4) is 0 Å². The molecule has 0 aromatic heterocycles. The van der Waals surface area contributed by atoms with Crippen LogP contribution in [-0.4, -0.2) is 11.9 Å². The van der Waals surface area contributed by atoms with Gasteiger partial charge in [0.25, 0.3) is 0 Å². The first-order chi connectivity index (χ1) is 9.08. The van der Waals surface area contributed by atoms with E-state index in [1.807, 2.05) is 18.2 Å². The predicted octanol–water partition coefficient (Wildman–Crippen LogP) is 4.06. The Morgan fingerprint density at radius 2 is 1.95 bits per heavy atom. The second-order valence-electron chi connectivity index (χ2n) is 5.02. The minimum atomic E-state index is -0.0756. The molecule has 0 spiro atoms. The molecule has 2 rings (SSSR count). The van der Waals surface area contributed by atoms with E-state index >= 15 is 0 Å². The van der Waals surface area contributed by atoms with Crippen molar-refractivity contribution in [2.45, 2.75) is 38.1 Å². The fraction of sp³-hybridized carbons (Fsp3) is 0.500. The van der Waals surface area contributed by atoms with Crippen molar-refractivity contribution in [3.63, 3.8) is 0 Å². The van der Waals surface area contributed by atoms with Gasteiger partial charge in [-0.15, -0.1) is 0 Å². The first-order valence-corrected chi connectivity index (χ1v) is 8.18. The molecule has 1 aliphatic carbocycles. The van der Waals surface area contributed by atoms with Gasteiger partial charge in [-0.25, -0.2) is 0 Å². The van der Waals surface area contributed by atoms with Crippen LogP contribution in [0.1, 0.15) is 32.1 Å². The summed E-state index contributed by atoms with van der Waals surface area (Å²) in [4.78, 5) is 12.4. The number of carbonyl (C=O) groups excluding carboxylic acids is 1. The summed E-state index contributed by atoms with van der Waals surface area (Å²) < 4.78 is 1.82. The van der Waals surface area contributed by atoms with E-state index in [4.69, 9.17) is 5.73 Å². The second kappa shape index (κ2) is 6.86. The van der Waals surface area contributed by atoms with Crippen LogP contribution in [0.3, 0.4) is 0 Å². The van der Waals surface area contributed by atoms with Crippen molar-refractivity contribution in [1.29, 1.82) is 0 Å². The number of carbonyl (C=O) groups is 1. The Morgan fingerprint density at radius 3 is 2.74 bits per heavy atom. The molecule has 2 unspecified atom stereocenters. The highest BCUT2D eigenvalue weighted by molar-refractivity contribution is 9.11. The Balaban J connectivity index is 2.09. The molecule has 2 atom stereocenters. The minimum absolute atomic E-state index is 0.0200. The van der Waals surface area contributed by atoms with Gasteiger partial charge in [-0.3, -0.25) is 4.79 Å². The summed E-state index contributed by atoms with van der Waals surface area (Å²) in [5.41, 5.74) is 6.91. The number of benzene rings is 1. The van der Waals surface area contributed by atoms with Gasteiger partial charge in [0.05, 0.1) is 11.6 Å². The normalized spacial score (nSPS) is 23.7. The molecule has 1 fully saturated rings. The van der Waals surface area contributed by atoms with Gasteiger partial charge in [-0.05, 0) is 47.0 Å². The standard InChI is InChI=1S/C14H18Br2N2O/c15-9-6-7-11(16)13(8-9)18-14(19)10-4-2-1-3-5-12(10)17/h6-8,10,12H,1-5,17H2,(H,18,19). The van der Waals surface area contributed by atoms with Crippen LogP contribution in [0, 0.1) is 5.92 Å². The highest BCUT2D eigenvalue weighted by atomic mass is 79.9. The lowest BCUT2D eigenvalue weighted by molar-refractivity contribution is -0.120. The van der Waals surface area contributed by atoms with Gasteiger partial charge >= 0.3 is 0 Å². The summed E-state index contributed by atoms with van der Waals surface area (Å²) in [6, 6.07) is 5.71. The number of amides is 1. The van der Waals surface area contributed by atoms with E-state index in [0.717, 1.165) is 40.3 Å². The van der Waals surface area contributed by atoms with E-state index < -0.39 is 0 Å². The summed E-state index contributed by atoms with van der Waals surface area (Å²) in [7, 11) is 0. The second-order valence-corrected chi connectivity index (χ2v) is 6.79. The summed E-state index contributed by atoms with van der Waals surface area (Å²) in [5.74, 6) is -0.0402. The van der Waals surface area contributed by atoms with Crippen LogP contribution in [0.15, 0.2) is 27.1 Å². The molecule has 0 saturated heterocycles. The van der Waals surface area contributed by atoms with Crippen LogP contribution < -0.4 is 11.1 Å². The average molecular weight is 390 g/mol. The van der Waals surface area contributed by atoms with E-state index in [1.54, 1.807) is 0 Å². The van der Waals surface area contributed by atoms with E-state index in [2.05, 4.69) is 37.2 Å². The van der Waals surface area contributed by atoms with E-state index in [9.17, 15) is 4.79 Å². The zero-order chi connectivity index (χ0) is 13.8. The van der Waals surface area contributed by atoms with Crippen molar-refractivity contribution in [2.24, 2.45) is 11.7 Å². The quantitative estimate of drug-likeness (QED) is 0.749. The van der Waals surface area contributed by atoms with E-state index in [-0.39, 0.29) is 17.9 Å². The molecule has 0 radical (unpaired) electrons. The Bertz CT molecular complexity index is 465. The third-order valence-electron chi connectivity index (χ3n) is 3.59. The Kier molecular flexibility index (Phi) is 5.42. The number of anilines is 1. The lowest BCUT2D eigenvalue weighted by Gasteiger charge is -2.21. The van der Waals surface area contributed by atoms with Crippen molar-refractivity contribution < 1.29 is 4.79 Å². The minimum Gasteiger partial charge on any atom is -0.327 e. The molecule has 1 aromatic rings. The lowest BCUT2D eigenvalue weighted by atomic mass is 9.94. The predicted molar refractivity (Wildman–Crippen MR) is 85.0 cm³/mol. The van der Waals surface area contributed by atoms with Crippen LogP contribution in [0.25, 0.3) is 0 Å². The first-order valence-electron chi connectivity index (χ1n) is 6.59. The fourth-order valence-corrected chi connectivity index (χ4v) is 3.19. The monoisotopic (exact) mass is 388 g/mol.